The van der Waals surface area contributed by atoms with Crippen LogP contribution in [0.5, 0.6) is 0 Å². The van der Waals surface area contributed by atoms with Crippen LogP contribution >= 0.6 is 0 Å². The molecule has 1 saturated carbocycles. The zero-order valence-electron chi connectivity index (χ0n) is 14.4. The lowest BCUT2D eigenvalue weighted by molar-refractivity contribution is -0.127. The van der Waals surface area contributed by atoms with Crippen molar-refractivity contribution in [2.75, 3.05) is 0 Å². The lowest BCUT2D eigenvalue weighted by atomic mass is 9.70. The number of carbonyl (C=O) groups excluding carboxylic acids is 2. The van der Waals surface area contributed by atoms with Gasteiger partial charge in [-0.1, -0.05) is 13.3 Å². The zero-order chi connectivity index (χ0) is 17.4. The van der Waals surface area contributed by atoms with E-state index in [1.54, 1.807) is 12.4 Å². The first-order valence-electron chi connectivity index (χ1n) is 9.17. The molecule has 1 aromatic carbocycles. The van der Waals surface area contributed by atoms with Crippen molar-refractivity contribution < 1.29 is 9.59 Å². The molecule has 2 fully saturated rings. The third-order valence-electron chi connectivity index (χ3n) is 5.85. The Kier molecular flexibility index (Phi) is 4.19. The van der Waals surface area contributed by atoms with Gasteiger partial charge in [-0.25, -0.2) is 4.98 Å². The molecule has 132 valence electrons. The summed E-state index contributed by atoms with van der Waals surface area (Å²) in [6.07, 6.45) is 6.20. The van der Waals surface area contributed by atoms with Crippen LogP contribution in [-0.4, -0.2) is 33.9 Å². The SMILES string of the molecule is CCC1CC(=O)NC2CC(NC(=O)c3ccc4nc[nH]c4c3)CCC12. The molecule has 2 heterocycles. The predicted octanol–water partition coefficient (Wildman–Crippen LogP) is 2.38. The lowest BCUT2D eigenvalue weighted by Crippen LogP contribution is -2.55. The normalized spacial score (nSPS) is 29.1. The van der Waals surface area contributed by atoms with E-state index in [0.717, 1.165) is 36.7 Å². The summed E-state index contributed by atoms with van der Waals surface area (Å²) in [6.45, 7) is 2.17. The van der Waals surface area contributed by atoms with Crippen molar-refractivity contribution >= 4 is 22.8 Å². The zero-order valence-corrected chi connectivity index (χ0v) is 14.4. The number of benzene rings is 1. The van der Waals surface area contributed by atoms with Gasteiger partial charge in [-0.05, 0) is 49.3 Å². The van der Waals surface area contributed by atoms with Crippen LogP contribution in [0.3, 0.4) is 0 Å². The molecule has 2 amide bonds. The van der Waals surface area contributed by atoms with Crippen molar-refractivity contribution in [2.24, 2.45) is 11.8 Å². The molecule has 6 nitrogen and oxygen atoms in total. The van der Waals surface area contributed by atoms with Crippen molar-refractivity contribution in [3.63, 3.8) is 0 Å². The van der Waals surface area contributed by atoms with E-state index in [4.69, 9.17) is 0 Å². The maximum absolute atomic E-state index is 12.6. The Morgan fingerprint density at radius 3 is 3.08 bits per heavy atom. The number of carbonyl (C=O) groups is 2. The number of imidazole rings is 1. The fourth-order valence-corrected chi connectivity index (χ4v) is 4.50. The number of H-pyrrole nitrogens is 1. The smallest absolute Gasteiger partial charge is 0.251 e. The maximum atomic E-state index is 12.6. The summed E-state index contributed by atoms with van der Waals surface area (Å²) >= 11 is 0. The number of piperidine rings is 1. The van der Waals surface area contributed by atoms with E-state index in [9.17, 15) is 9.59 Å². The Bertz CT molecular complexity index is 800. The number of nitrogens with one attached hydrogen (secondary N) is 3. The van der Waals surface area contributed by atoms with Crippen LogP contribution in [0.2, 0.25) is 0 Å². The number of hydrogen-bond acceptors (Lipinski definition) is 3. The Labute approximate surface area is 146 Å². The highest BCUT2D eigenvalue weighted by Gasteiger charge is 2.40. The van der Waals surface area contributed by atoms with E-state index >= 15 is 0 Å². The molecule has 25 heavy (non-hydrogen) atoms. The summed E-state index contributed by atoms with van der Waals surface area (Å²) in [6, 6.07) is 5.80. The number of amides is 2. The molecular formula is C19H24N4O2. The molecule has 0 spiro atoms. The Morgan fingerprint density at radius 2 is 2.24 bits per heavy atom. The first-order valence-corrected chi connectivity index (χ1v) is 9.17. The predicted molar refractivity (Wildman–Crippen MR) is 95.0 cm³/mol. The Hall–Kier alpha value is -2.37. The van der Waals surface area contributed by atoms with Gasteiger partial charge >= 0.3 is 0 Å². The van der Waals surface area contributed by atoms with Crippen LogP contribution in [0.15, 0.2) is 24.5 Å². The lowest BCUT2D eigenvalue weighted by Gasteiger charge is -2.44. The van der Waals surface area contributed by atoms with Crippen LogP contribution < -0.4 is 10.6 Å². The van der Waals surface area contributed by atoms with E-state index < -0.39 is 0 Å². The van der Waals surface area contributed by atoms with Gasteiger partial charge < -0.3 is 15.6 Å². The van der Waals surface area contributed by atoms with Crippen molar-refractivity contribution in [2.45, 2.75) is 51.1 Å². The van der Waals surface area contributed by atoms with Gasteiger partial charge in [-0.15, -0.1) is 0 Å². The van der Waals surface area contributed by atoms with Gasteiger partial charge in [0.2, 0.25) is 5.91 Å². The van der Waals surface area contributed by atoms with Crippen molar-refractivity contribution in [1.29, 1.82) is 0 Å². The van der Waals surface area contributed by atoms with Gasteiger partial charge in [-0.3, -0.25) is 9.59 Å². The molecular weight excluding hydrogens is 316 g/mol. The van der Waals surface area contributed by atoms with E-state index in [-0.39, 0.29) is 23.9 Å². The second-order valence-corrected chi connectivity index (χ2v) is 7.33. The van der Waals surface area contributed by atoms with Crippen LogP contribution in [0.25, 0.3) is 11.0 Å². The van der Waals surface area contributed by atoms with Crippen LogP contribution in [0, 0.1) is 11.8 Å². The highest BCUT2D eigenvalue weighted by Crippen LogP contribution is 2.37. The molecule has 2 aliphatic rings. The van der Waals surface area contributed by atoms with E-state index in [2.05, 4.69) is 27.5 Å². The molecule has 1 aliphatic heterocycles. The molecule has 1 saturated heterocycles. The molecule has 0 radical (unpaired) electrons. The van der Waals surface area contributed by atoms with Gasteiger partial charge in [0.25, 0.3) is 5.91 Å². The summed E-state index contributed by atoms with van der Waals surface area (Å²) in [5.74, 6) is 1.13. The monoisotopic (exact) mass is 340 g/mol. The van der Waals surface area contributed by atoms with Gasteiger partial charge in [0.1, 0.15) is 0 Å². The molecule has 1 aromatic heterocycles. The average molecular weight is 340 g/mol. The average Bonchev–Trinajstić information content (AvgIpc) is 3.08. The molecule has 4 unspecified atom stereocenters. The third-order valence-corrected chi connectivity index (χ3v) is 5.85. The third kappa shape index (κ3) is 3.13. The summed E-state index contributed by atoms with van der Waals surface area (Å²) in [7, 11) is 0. The second-order valence-electron chi connectivity index (χ2n) is 7.33. The minimum atomic E-state index is -0.0610. The number of aromatic amines is 1. The van der Waals surface area contributed by atoms with Gasteiger partial charge in [0, 0.05) is 24.1 Å². The number of nitrogens with zero attached hydrogens (tertiary/aromatic N) is 1. The highest BCUT2D eigenvalue weighted by molar-refractivity contribution is 5.97. The summed E-state index contributed by atoms with van der Waals surface area (Å²) in [4.78, 5) is 31.7. The molecule has 4 rings (SSSR count). The minimum Gasteiger partial charge on any atom is -0.353 e. The topological polar surface area (TPSA) is 86.9 Å². The summed E-state index contributed by atoms with van der Waals surface area (Å²) < 4.78 is 0. The van der Waals surface area contributed by atoms with Crippen molar-refractivity contribution in [3.05, 3.63) is 30.1 Å². The highest BCUT2D eigenvalue weighted by atomic mass is 16.2. The number of fused-ring (bicyclic) bond motifs is 2. The minimum absolute atomic E-state index is 0.0610. The largest absolute Gasteiger partial charge is 0.353 e. The number of aromatic nitrogens is 2. The van der Waals surface area contributed by atoms with E-state index in [0.29, 0.717) is 23.8 Å². The van der Waals surface area contributed by atoms with Gasteiger partial charge in [0.05, 0.1) is 17.4 Å². The number of rotatable bonds is 3. The quantitative estimate of drug-likeness (QED) is 0.802. The van der Waals surface area contributed by atoms with E-state index in [1.165, 1.54) is 0 Å². The van der Waals surface area contributed by atoms with Crippen LogP contribution in [0.4, 0.5) is 0 Å². The molecule has 6 heteroatoms. The fourth-order valence-electron chi connectivity index (χ4n) is 4.50. The standard InChI is InChI=1S/C19H24N4O2/c1-2-11-8-18(24)23-16-9-13(4-5-14(11)16)22-19(25)12-3-6-15-17(7-12)21-10-20-15/h3,6-7,10-11,13-14,16H,2,4-5,8-9H2,1H3,(H,20,21)(H,22,25)(H,23,24). The Morgan fingerprint density at radius 1 is 1.36 bits per heavy atom. The van der Waals surface area contributed by atoms with Gasteiger partial charge in [-0.2, -0.15) is 0 Å². The van der Waals surface area contributed by atoms with Crippen molar-refractivity contribution in [3.8, 4) is 0 Å². The first-order chi connectivity index (χ1) is 12.1. The molecule has 2 aromatic rings. The molecule has 0 bridgehead atoms. The van der Waals surface area contributed by atoms with Crippen molar-refractivity contribution in [1.82, 2.24) is 20.6 Å². The Balaban J connectivity index is 1.43. The van der Waals surface area contributed by atoms with Gasteiger partial charge in [0.15, 0.2) is 0 Å². The second kappa shape index (κ2) is 6.50. The summed E-state index contributed by atoms with van der Waals surface area (Å²) in [5, 5.41) is 6.29. The van der Waals surface area contributed by atoms with Crippen LogP contribution in [0.1, 0.15) is 49.4 Å². The van der Waals surface area contributed by atoms with E-state index in [1.807, 2.05) is 12.1 Å². The molecule has 4 atom stereocenters. The van der Waals surface area contributed by atoms with Crippen LogP contribution in [-0.2, 0) is 4.79 Å². The maximum Gasteiger partial charge on any atom is 0.251 e. The first kappa shape index (κ1) is 16.1. The fraction of sp³-hybridized carbons (Fsp3) is 0.526. The summed E-state index contributed by atoms with van der Waals surface area (Å²) in [5.41, 5.74) is 2.35. The molecule has 3 N–H and O–H groups in total. The molecule has 1 aliphatic carbocycles. The number of hydrogen-bond donors (Lipinski definition) is 3.